The largest absolute Gasteiger partial charge is 0.352 e. The van der Waals surface area contributed by atoms with Crippen molar-refractivity contribution in [3.63, 3.8) is 0 Å². The fraction of sp³-hybridized carbons (Fsp3) is 0.474. The lowest BCUT2D eigenvalue weighted by Crippen LogP contribution is -2.51. The van der Waals surface area contributed by atoms with Crippen LogP contribution in [0.1, 0.15) is 38.7 Å². The maximum Gasteiger partial charge on any atom is 0.321 e. The van der Waals surface area contributed by atoms with Gasteiger partial charge < -0.3 is 15.5 Å². The van der Waals surface area contributed by atoms with Crippen LogP contribution in [0, 0.1) is 28.1 Å². The average Bonchev–Trinajstić information content (AvgIpc) is 2.67. The number of nitrogens with one attached hydrogen (secondary N) is 2. The van der Waals surface area contributed by atoms with Crippen LogP contribution in [0.25, 0.3) is 0 Å². The van der Waals surface area contributed by atoms with E-state index in [0.29, 0.717) is 37.2 Å². The first-order valence-electron chi connectivity index (χ1n) is 8.72. The molecule has 0 spiro atoms. The highest BCUT2D eigenvalue weighted by atomic mass is 16.2. The molecule has 1 aliphatic rings. The van der Waals surface area contributed by atoms with Crippen molar-refractivity contribution >= 4 is 17.6 Å². The highest BCUT2D eigenvalue weighted by molar-refractivity contribution is 5.90. The van der Waals surface area contributed by atoms with Crippen molar-refractivity contribution in [3.05, 3.63) is 29.8 Å². The van der Waals surface area contributed by atoms with E-state index in [1.165, 1.54) is 0 Å². The van der Waals surface area contributed by atoms with Gasteiger partial charge in [-0.1, -0.05) is 13.0 Å². The summed E-state index contributed by atoms with van der Waals surface area (Å²) in [6, 6.07) is 10.6. The SMILES string of the molecule is CC[C@H](C)NC(=O)C1(C#N)CCN(C(=O)Nc2cccc(C#N)c2)CC1. The summed E-state index contributed by atoms with van der Waals surface area (Å²) < 4.78 is 0. The topological polar surface area (TPSA) is 109 Å². The van der Waals surface area contributed by atoms with Gasteiger partial charge in [0.15, 0.2) is 0 Å². The van der Waals surface area contributed by atoms with Gasteiger partial charge in [-0.05, 0) is 44.4 Å². The molecule has 1 saturated heterocycles. The number of carbonyl (C=O) groups is 2. The number of piperidine rings is 1. The van der Waals surface area contributed by atoms with Gasteiger partial charge in [0.25, 0.3) is 0 Å². The lowest BCUT2D eigenvalue weighted by atomic mass is 9.78. The smallest absolute Gasteiger partial charge is 0.321 e. The first-order chi connectivity index (χ1) is 12.4. The van der Waals surface area contributed by atoms with Crippen LogP contribution in [0.4, 0.5) is 10.5 Å². The van der Waals surface area contributed by atoms with Crippen molar-refractivity contribution in [1.82, 2.24) is 10.2 Å². The van der Waals surface area contributed by atoms with Crippen LogP contribution < -0.4 is 10.6 Å². The van der Waals surface area contributed by atoms with E-state index in [2.05, 4.69) is 16.7 Å². The summed E-state index contributed by atoms with van der Waals surface area (Å²) in [7, 11) is 0. The summed E-state index contributed by atoms with van der Waals surface area (Å²) in [6.45, 7) is 4.52. The number of carbonyl (C=O) groups excluding carboxylic acids is 2. The lowest BCUT2D eigenvalue weighted by molar-refractivity contribution is -0.130. The first-order valence-corrected chi connectivity index (χ1v) is 8.72. The van der Waals surface area contributed by atoms with E-state index in [4.69, 9.17) is 5.26 Å². The summed E-state index contributed by atoms with van der Waals surface area (Å²) in [5.41, 5.74) is -0.0756. The van der Waals surface area contributed by atoms with E-state index in [0.717, 1.165) is 6.42 Å². The number of anilines is 1. The number of nitrogens with zero attached hydrogens (tertiary/aromatic N) is 3. The highest BCUT2D eigenvalue weighted by Crippen LogP contribution is 2.31. The fourth-order valence-corrected chi connectivity index (χ4v) is 2.81. The summed E-state index contributed by atoms with van der Waals surface area (Å²) in [5.74, 6) is -0.254. The number of nitriles is 2. The van der Waals surface area contributed by atoms with E-state index in [9.17, 15) is 14.9 Å². The van der Waals surface area contributed by atoms with Crippen LogP contribution in [0.3, 0.4) is 0 Å². The fourth-order valence-electron chi connectivity index (χ4n) is 2.81. The van der Waals surface area contributed by atoms with Gasteiger partial charge in [0.05, 0.1) is 17.7 Å². The Morgan fingerprint density at radius 1 is 1.31 bits per heavy atom. The zero-order chi connectivity index (χ0) is 19.2. The Hall–Kier alpha value is -3.06. The Balaban J connectivity index is 1.98. The van der Waals surface area contributed by atoms with Crippen LogP contribution in [-0.4, -0.2) is 36.0 Å². The molecule has 26 heavy (non-hydrogen) atoms. The molecule has 0 aliphatic carbocycles. The number of rotatable bonds is 4. The summed E-state index contributed by atoms with van der Waals surface area (Å²) in [5, 5.41) is 24.1. The predicted octanol–water partition coefficient (Wildman–Crippen LogP) is 2.61. The maximum absolute atomic E-state index is 12.5. The highest BCUT2D eigenvalue weighted by Gasteiger charge is 2.43. The Labute approximate surface area is 153 Å². The van der Waals surface area contributed by atoms with Crippen LogP contribution >= 0.6 is 0 Å². The minimum absolute atomic E-state index is 0.0152. The summed E-state index contributed by atoms with van der Waals surface area (Å²) >= 11 is 0. The zero-order valence-electron chi connectivity index (χ0n) is 15.1. The van der Waals surface area contributed by atoms with Crippen molar-refractivity contribution in [1.29, 1.82) is 10.5 Å². The molecule has 3 amide bonds. The Kier molecular flexibility index (Phi) is 6.19. The van der Waals surface area contributed by atoms with E-state index in [1.807, 2.05) is 19.9 Å². The number of urea groups is 1. The molecule has 2 N–H and O–H groups in total. The van der Waals surface area contributed by atoms with Gasteiger partial charge in [-0.3, -0.25) is 4.79 Å². The van der Waals surface area contributed by atoms with Gasteiger partial charge in [-0.15, -0.1) is 0 Å². The standard InChI is InChI=1S/C19H23N5O2/c1-3-14(2)22-17(25)19(13-21)7-9-24(10-8-19)18(26)23-16-6-4-5-15(11-16)12-20/h4-6,11,14H,3,7-10H2,1-2H3,(H,22,25)(H,23,26)/t14-/m0/s1. The molecule has 0 aromatic heterocycles. The number of amides is 3. The summed E-state index contributed by atoms with van der Waals surface area (Å²) in [6.07, 6.45) is 1.40. The normalized spacial score (nSPS) is 16.7. The molecular weight excluding hydrogens is 330 g/mol. The first kappa shape index (κ1) is 19.3. The molecule has 1 aromatic carbocycles. The monoisotopic (exact) mass is 353 g/mol. The van der Waals surface area contributed by atoms with E-state index in [1.54, 1.807) is 29.2 Å². The third-order valence-corrected chi connectivity index (χ3v) is 4.79. The molecule has 7 nitrogen and oxygen atoms in total. The second-order valence-electron chi connectivity index (χ2n) is 6.59. The van der Waals surface area contributed by atoms with E-state index >= 15 is 0 Å². The van der Waals surface area contributed by atoms with Crippen LogP contribution in [0.15, 0.2) is 24.3 Å². The number of likely N-dealkylation sites (tertiary alicyclic amines) is 1. The van der Waals surface area contributed by atoms with Gasteiger partial charge in [0.1, 0.15) is 5.41 Å². The Morgan fingerprint density at radius 3 is 2.58 bits per heavy atom. The maximum atomic E-state index is 12.5. The molecule has 0 saturated carbocycles. The molecule has 1 fully saturated rings. The van der Waals surface area contributed by atoms with Crippen LogP contribution in [0.2, 0.25) is 0 Å². The second-order valence-corrected chi connectivity index (χ2v) is 6.59. The van der Waals surface area contributed by atoms with E-state index < -0.39 is 5.41 Å². The van der Waals surface area contributed by atoms with Gasteiger partial charge in [0.2, 0.25) is 5.91 Å². The predicted molar refractivity (Wildman–Crippen MR) is 96.9 cm³/mol. The molecule has 7 heteroatoms. The molecule has 1 aromatic rings. The van der Waals surface area contributed by atoms with Crippen molar-refractivity contribution in [2.24, 2.45) is 5.41 Å². The van der Waals surface area contributed by atoms with Crippen molar-refractivity contribution in [2.45, 2.75) is 39.2 Å². The molecular formula is C19H23N5O2. The number of hydrogen-bond acceptors (Lipinski definition) is 4. The van der Waals surface area contributed by atoms with Crippen molar-refractivity contribution in [2.75, 3.05) is 18.4 Å². The van der Waals surface area contributed by atoms with Crippen LogP contribution in [0.5, 0.6) is 0 Å². The Morgan fingerprint density at radius 2 is 2.00 bits per heavy atom. The molecule has 2 rings (SSSR count). The zero-order valence-corrected chi connectivity index (χ0v) is 15.1. The number of hydrogen-bond donors (Lipinski definition) is 2. The molecule has 1 heterocycles. The van der Waals surface area contributed by atoms with Gasteiger partial charge in [0, 0.05) is 24.8 Å². The van der Waals surface area contributed by atoms with Crippen molar-refractivity contribution < 1.29 is 9.59 Å². The third-order valence-electron chi connectivity index (χ3n) is 4.79. The number of benzene rings is 1. The quantitative estimate of drug-likeness (QED) is 0.867. The van der Waals surface area contributed by atoms with Crippen molar-refractivity contribution in [3.8, 4) is 12.1 Å². The molecule has 136 valence electrons. The van der Waals surface area contributed by atoms with Crippen LogP contribution in [-0.2, 0) is 4.79 Å². The van der Waals surface area contributed by atoms with Gasteiger partial charge in [-0.25, -0.2) is 4.79 Å². The lowest BCUT2D eigenvalue weighted by Gasteiger charge is -2.36. The Bertz CT molecular complexity index is 754. The molecule has 1 atom stereocenters. The van der Waals surface area contributed by atoms with E-state index in [-0.39, 0.29) is 18.0 Å². The molecule has 0 bridgehead atoms. The average molecular weight is 353 g/mol. The second kappa shape index (κ2) is 8.35. The molecule has 0 radical (unpaired) electrons. The third kappa shape index (κ3) is 4.31. The minimum Gasteiger partial charge on any atom is -0.352 e. The molecule has 1 aliphatic heterocycles. The molecule has 0 unspecified atom stereocenters. The minimum atomic E-state index is -1.08. The summed E-state index contributed by atoms with van der Waals surface area (Å²) in [4.78, 5) is 26.5. The van der Waals surface area contributed by atoms with Gasteiger partial charge in [-0.2, -0.15) is 10.5 Å². The van der Waals surface area contributed by atoms with Gasteiger partial charge >= 0.3 is 6.03 Å².